The number of esters is 1. The molecule has 104 valence electrons. The number of ether oxygens (including phenoxy) is 3. The molecule has 19 heavy (non-hydrogen) atoms. The van der Waals surface area contributed by atoms with Gasteiger partial charge in [0.25, 0.3) is 0 Å². The quantitative estimate of drug-likeness (QED) is 0.465. The van der Waals surface area contributed by atoms with E-state index in [-0.39, 0.29) is 12.8 Å². The zero-order valence-corrected chi connectivity index (χ0v) is 11.6. The molecule has 1 aromatic rings. The molecule has 0 aliphatic heterocycles. The highest BCUT2D eigenvalue weighted by Gasteiger charge is 2.23. The Hall–Kier alpha value is -2.04. The van der Waals surface area contributed by atoms with E-state index in [1.54, 1.807) is 39.0 Å². The van der Waals surface area contributed by atoms with Crippen LogP contribution in [0.5, 0.6) is 11.5 Å². The van der Waals surface area contributed by atoms with Crippen LogP contribution in [-0.4, -0.2) is 26.2 Å². The summed E-state index contributed by atoms with van der Waals surface area (Å²) in [6.07, 6.45) is 0.714. The maximum atomic E-state index is 11.5. The molecule has 0 amide bonds. The minimum atomic E-state index is -0.575. The first-order valence-corrected chi connectivity index (χ1v) is 5.81. The zero-order chi connectivity index (χ0) is 14.5. The lowest BCUT2D eigenvalue weighted by Gasteiger charge is -2.17. The summed E-state index contributed by atoms with van der Waals surface area (Å²) >= 11 is 0. The van der Waals surface area contributed by atoms with Crippen molar-refractivity contribution in [3.05, 3.63) is 23.8 Å². The van der Waals surface area contributed by atoms with E-state index in [1.807, 2.05) is 0 Å². The summed E-state index contributed by atoms with van der Waals surface area (Å²) in [5.74, 6) is 0.474. The Balaban J connectivity index is 2.63. The second-order valence-electron chi connectivity index (χ2n) is 4.97. The van der Waals surface area contributed by atoms with Crippen molar-refractivity contribution in [3.8, 4) is 11.5 Å². The van der Waals surface area contributed by atoms with E-state index < -0.39 is 5.41 Å². The van der Waals surface area contributed by atoms with Crippen molar-refractivity contribution in [1.82, 2.24) is 0 Å². The molecule has 5 heteroatoms. The lowest BCUT2D eigenvalue weighted by Crippen LogP contribution is -2.24. The third-order valence-corrected chi connectivity index (χ3v) is 2.34. The van der Waals surface area contributed by atoms with Gasteiger partial charge >= 0.3 is 5.97 Å². The Labute approximate surface area is 112 Å². The van der Waals surface area contributed by atoms with Gasteiger partial charge in [0.15, 0.2) is 11.5 Å². The van der Waals surface area contributed by atoms with Gasteiger partial charge in [-0.25, -0.2) is 0 Å². The molecule has 0 saturated heterocycles. The number of rotatable bonds is 5. The number of carbonyl (C=O) groups excluding carboxylic acids is 2. The Kier molecular flexibility index (Phi) is 4.92. The highest BCUT2D eigenvalue weighted by Crippen LogP contribution is 2.27. The Morgan fingerprint density at radius 3 is 2.47 bits per heavy atom. The highest BCUT2D eigenvalue weighted by atomic mass is 16.7. The fourth-order valence-electron chi connectivity index (χ4n) is 1.24. The molecular formula is C14H18O5. The summed E-state index contributed by atoms with van der Waals surface area (Å²) in [5, 5.41) is 0. The van der Waals surface area contributed by atoms with Crippen molar-refractivity contribution >= 4 is 12.3 Å². The third-order valence-electron chi connectivity index (χ3n) is 2.34. The van der Waals surface area contributed by atoms with Gasteiger partial charge in [-0.15, -0.1) is 0 Å². The van der Waals surface area contributed by atoms with Crippen LogP contribution in [0.1, 0.15) is 31.1 Å². The zero-order valence-electron chi connectivity index (χ0n) is 11.6. The van der Waals surface area contributed by atoms with Crippen LogP contribution in [0.25, 0.3) is 0 Å². The lowest BCUT2D eigenvalue weighted by atomic mass is 9.98. The van der Waals surface area contributed by atoms with E-state index in [1.165, 1.54) is 7.11 Å². The molecule has 0 radical (unpaired) electrons. The first-order valence-electron chi connectivity index (χ1n) is 5.81. The summed E-state index contributed by atoms with van der Waals surface area (Å²) in [6, 6.07) is 4.73. The molecule has 1 rings (SSSR count). The highest BCUT2D eigenvalue weighted by molar-refractivity contribution is 5.76. The molecule has 0 unspecified atom stereocenters. The van der Waals surface area contributed by atoms with Crippen LogP contribution in [0.3, 0.4) is 0 Å². The molecule has 1 aromatic carbocycles. The molecule has 0 atom stereocenters. The molecule has 0 bridgehead atoms. The van der Waals surface area contributed by atoms with Crippen molar-refractivity contribution in [2.24, 2.45) is 5.41 Å². The van der Waals surface area contributed by atoms with Gasteiger partial charge in [-0.2, -0.15) is 0 Å². The van der Waals surface area contributed by atoms with Crippen molar-refractivity contribution in [1.29, 1.82) is 0 Å². The molecule has 0 spiro atoms. The standard InChI is InChI=1S/C14H18O5/c1-14(2,3)13(16)19-9-18-11-6-5-10(8-15)7-12(11)17-4/h5-8H,9H2,1-4H3. The van der Waals surface area contributed by atoms with Crippen molar-refractivity contribution < 1.29 is 23.8 Å². The molecule has 0 saturated carbocycles. The molecular weight excluding hydrogens is 248 g/mol. The van der Waals surface area contributed by atoms with E-state index in [0.717, 1.165) is 0 Å². The molecule has 0 N–H and O–H groups in total. The van der Waals surface area contributed by atoms with Gasteiger partial charge in [0.2, 0.25) is 6.79 Å². The first kappa shape index (κ1) is 15.0. The number of carbonyl (C=O) groups is 2. The lowest BCUT2D eigenvalue weighted by molar-refractivity contribution is -0.159. The predicted octanol–water partition coefficient (Wildman–Crippen LogP) is 2.43. The smallest absolute Gasteiger partial charge is 0.314 e. The maximum Gasteiger partial charge on any atom is 0.314 e. The largest absolute Gasteiger partial charge is 0.493 e. The van der Waals surface area contributed by atoms with E-state index in [0.29, 0.717) is 23.3 Å². The molecule has 0 aliphatic carbocycles. The molecule has 0 aromatic heterocycles. The predicted molar refractivity (Wildman–Crippen MR) is 69.4 cm³/mol. The van der Waals surface area contributed by atoms with Crippen LogP contribution in [0.2, 0.25) is 0 Å². The third kappa shape index (κ3) is 4.28. The van der Waals surface area contributed by atoms with Crippen molar-refractivity contribution in [2.45, 2.75) is 20.8 Å². The van der Waals surface area contributed by atoms with Gasteiger partial charge in [0, 0.05) is 5.56 Å². The minimum Gasteiger partial charge on any atom is -0.493 e. The van der Waals surface area contributed by atoms with Gasteiger partial charge in [0.05, 0.1) is 12.5 Å². The van der Waals surface area contributed by atoms with E-state index >= 15 is 0 Å². The fraction of sp³-hybridized carbons (Fsp3) is 0.429. The van der Waals surface area contributed by atoms with Gasteiger partial charge < -0.3 is 14.2 Å². The van der Waals surface area contributed by atoms with Crippen LogP contribution in [0.4, 0.5) is 0 Å². The molecule has 5 nitrogen and oxygen atoms in total. The number of aldehydes is 1. The van der Waals surface area contributed by atoms with Crippen molar-refractivity contribution in [3.63, 3.8) is 0 Å². The van der Waals surface area contributed by atoms with Crippen LogP contribution in [-0.2, 0) is 9.53 Å². The van der Waals surface area contributed by atoms with E-state index in [2.05, 4.69) is 0 Å². The molecule has 0 heterocycles. The number of methoxy groups -OCH3 is 1. The molecule has 0 aliphatic rings. The monoisotopic (exact) mass is 266 g/mol. The summed E-state index contributed by atoms with van der Waals surface area (Å²) in [5.41, 5.74) is -0.0923. The Morgan fingerprint density at radius 1 is 1.26 bits per heavy atom. The van der Waals surface area contributed by atoms with Crippen LogP contribution in [0.15, 0.2) is 18.2 Å². The number of benzene rings is 1. The first-order chi connectivity index (χ1) is 8.88. The molecule has 0 fully saturated rings. The normalized spacial score (nSPS) is 10.7. The van der Waals surface area contributed by atoms with Gasteiger partial charge in [-0.05, 0) is 39.0 Å². The summed E-state index contributed by atoms with van der Waals surface area (Å²) < 4.78 is 15.4. The second-order valence-corrected chi connectivity index (χ2v) is 4.97. The second kappa shape index (κ2) is 6.22. The Bertz CT molecular complexity index is 459. The van der Waals surface area contributed by atoms with E-state index in [4.69, 9.17) is 14.2 Å². The van der Waals surface area contributed by atoms with Crippen LogP contribution < -0.4 is 9.47 Å². The SMILES string of the molecule is COc1cc(C=O)ccc1OCOC(=O)C(C)(C)C. The average Bonchev–Trinajstić information content (AvgIpc) is 2.37. The maximum absolute atomic E-state index is 11.5. The number of hydrogen-bond acceptors (Lipinski definition) is 5. The summed E-state index contributed by atoms with van der Waals surface area (Å²) in [6.45, 7) is 5.07. The van der Waals surface area contributed by atoms with E-state index in [9.17, 15) is 9.59 Å². The van der Waals surface area contributed by atoms with Crippen LogP contribution in [0, 0.1) is 5.41 Å². The van der Waals surface area contributed by atoms with Gasteiger partial charge in [-0.3, -0.25) is 9.59 Å². The average molecular weight is 266 g/mol. The minimum absolute atomic E-state index is 0.201. The van der Waals surface area contributed by atoms with Gasteiger partial charge in [0.1, 0.15) is 6.29 Å². The van der Waals surface area contributed by atoms with Gasteiger partial charge in [-0.1, -0.05) is 0 Å². The Morgan fingerprint density at radius 2 is 1.95 bits per heavy atom. The summed E-state index contributed by atoms with van der Waals surface area (Å²) in [7, 11) is 1.47. The van der Waals surface area contributed by atoms with Crippen LogP contribution >= 0.6 is 0 Å². The fourth-order valence-corrected chi connectivity index (χ4v) is 1.24. The summed E-state index contributed by atoms with van der Waals surface area (Å²) in [4.78, 5) is 22.2. The van der Waals surface area contributed by atoms with Crippen molar-refractivity contribution in [2.75, 3.05) is 13.9 Å². The number of hydrogen-bond donors (Lipinski definition) is 0. The topological polar surface area (TPSA) is 61.8 Å².